The van der Waals surface area contributed by atoms with Crippen LogP contribution in [0.25, 0.3) is 27.8 Å². The summed E-state index contributed by atoms with van der Waals surface area (Å²) in [6, 6.07) is 47.1. The molecule has 9 rings (SSSR count). The van der Waals surface area contributed by atoms with Gasteiger partial charge in [0.1, 0.15) is 0 Å². The Bertz CT molecular complexity index is 2410. The van der Waals surface area contributed by atoms with Gasteiger partial charge in [-0.15, -0.1) is 0 Å². The molecule has 0 aromatic heterocycles. The first-order chi connectivity index (χ1) is 27.2. The zero-order valence-electron chi connectivity index (χ0n) is 33.3. The van der Waals surface area contributed by atoms with Gasteiger partial charge in [-0.05, 0) is 117 Å². The molecule has 1 heteroatoms. The predicted octanol–water partition coefficient (Wildman–Crippen LogP) is 14.3. The topological polar surface area (TPSA) is 3.24 Å². The van der Waals surface area contributed by atoms with E-state index < -0.39 is 0 Å². The Labute approximate surface area is 334 Å². The molecule has 0 amide bonds. The van der Waals surface area contributed by atoms with Gasteiger partial charge in [-0.25, -0.2) is 0 Å². The largest absolute Gasteiger partial charge is 0.334 e. The number of fused-ring (bicyclic) bond motifs is 6. The first kappa shape index (κ1) is 35.8. The fourth-order valence-electron chi connectivity index (χ4n) is 10.2. The molecule has 4 unspecified atom stereocenters. The molecular weight excluding hydrogens is 675 g/mol. The Morgan fingerprint density at radius 2 is 1.32 bits per heavy atom. The number of allylic oxidation sites excluding steroid dienone is 11. The van der Waals surface area contributed by atoms with Crippen molar-refractivity contribution < 1.29 is 0 Å². The number of hydrogen-bond acceptors (Lipinski definition) is 1. The molecule has 56 heavy (non-hydrogen) atoms. The van der Waals surface area contributed by atoms with Crippen LogP contribution in [0.15, 0.2) is 205 Å². The monoisotopic (exact) mass is 725 g/mol. The molecule has 1 nitrogen and oxygen atoms in total. The lowest BCUT2D eigenvalue weighted by Gasteiger charge is -2.47. The van der Waals surface area contributed by atoms with E-state index in [0.717, 1.165) is 6.42 Å². The molecule has 1 spiro atoms. The minimum absolute atomic E-state index is 0.0126. The van der Waals surface area contributed by atoms with Gasteiger partial charge < -0.3 is 4.90 Å². The van der Waals surface area contributed by atoms with E-state index in [1.807, 2.05) is 6.08 Å². The summed E-state index contributed by atoms with van der Waals surface area (Å²) in [5.74, 6) is 0.544. The van der Waals surface area contributed by atoms with Gasteiger partial charge in [0.15, 0.2) is 0 Å². The summed E-state index contributed by atoms with van der Waals surface area (Å²) in [6.07, 6.45) is 19.9. The van der Waals surface area contributed by atoms with E-state index in [9.17, 15) is 0 Å². The van der Waals surface area contributed by atoms with Crippen molar-refractivity contribution in [3.05, 3.63) is 222 Å². The van der Waals surface area contributed by atoms with Crippen LogP contribution in [-0.4, -0.2) is 6.04 Å². The van der Waals surface area contributed by atoms with E-state index in [0.29, 0.717) is 5.92 Å². The molecule has 5 aromatic carbocycles. The van der Waals surface area contributed by atoms with E-state index in [1.165, 1.54) is 72.6 Å². The molecular formula is C55H51N. The average Bonchev–Trinajstić information content (AvgIpc) is 3.67. The van der Waals surface area contributed by atoms with Crippen LogP contribution in [0.4, 0.5) is 11.4 Å². The third-order valence-electron chi connectivity index (χ3n) is 12.9. The standard InChI is InChI=1S/C55H51N/c1-7-16-45-46-33-23-37(3)35-50(46)55(49(45)8-2)51-36-42(54(4,5)6)28-34-47(51)48-21-15-22-52(53(48)55)56(43-29-24-40(25-30-43)38-17-11-9-12-18-38)44-31-26-41(27-32-44)39-19-13-10-14-20-39/h7-35,42,52-53H,1,36H2,2-6H3/b45-16-,49-8+. The normalized spacial score (nSPS) is 23.7. The molecule has 0 heterocycles. The van der Waals surface area contributed by atoms with Crippen LogP contribution in [0.3, 0.4) is 0 Å². The highest BCUT2D eigenvalue weighted by atomic mass is 15.2. The summed E-state index contributed by atoms with van der Waals surface area (Å²) < 4.78 is 0. The smallest absolute Gasteiger partial charge is 0.0609 e. The molecule has 5 aromatic rings. The quantitative estimate of drug-likeness (QED) is 0.168. The summed E-state index contributed by atoms with van der Waals surface area (Å²) in [6.45, 7) is 15.9. The van der Waals surface area contributed by atoms with Crippen molar-refractivity contribution in [1.82, 2.24) is 0 Å². The van der Waals surface area contributed by atoms with Gasteiger partial charge in [-0.3, -0.25) is 0 Å². The van der Waals surface area contributed by atoms with Crippen molar-refractivity contribution in [2.75, 3.05) is 4.90 Å². The number of hydrogen-bond donors (Lipinski definition) is 0. The number of rotatable bonds is 6. The van der Waals surface area contributed by atoms with Crippen molar-refractivity contribution in [3.8, 4) is 22.3 Å². The summed E-state index contributed by atoms with van der Waals surface area (Å²) in [5, 5.41) is 0. The van der Waals surface area contributed by atoms with Gasteiger partial charge in [0.2, 0.25) is 0 Å². The maximum atomic E-state index is 4.23. The Morgan fingerprint density at radius 1 is 0.732 bits per heavy atom. The molecule has 0 radical (unpaired) electrons. The average molecular weight is 726 g/mol. The molecule has 0 saturated heterocycles. The second kappa shape index (κ2) is 14.0. The second-order valence-electron chi connectivity index (χ2n) is 17.0. The van der Waals surface area contributed by atoms with Gasteiger partial charge in [-0.2, -0.15) is 0 Å². The van der Waals surface area contributed by atoms with Crippen LogP contribution in [-0.2, 0) is 5.41 Å². The lowest BCUT2D eigenvalue weighted by molar-refractivity contribution is 0.277. The van der Waals surface area contributed by atoms with Crippen molar-refractivity contribution in [2.24, 2.45) is 17.3 Å². The Balaban J connectivity index is 1.28. The van der Waals surface area contributed by atoms with Crippen LogP contribution in [0.1, 0.15) is 50.8 Å². The van der Waals surface area contributed by atoms with E-state index in [-0.39, 0.29) is 22.8 Å². The van der Waals surface area contributed by atoms with Crippen molar-refractivity contribution >= 4 is 16.9 Å². The summed E-state index contributed by atoms with van der Waals surface area (Å²) in [7, 11) is 0. The minimum atomic E-state index is -0.359. The Kier molecular flexibility index (Phi) is 8.93. The molecule has 4 aliphatic carbocycles. The van der Waals surface area contributed by atoms with Crippen molar-refractivity contribution in [2.45, 2.75) is 52.5 Å². The molecule has 0 N–H and O–H groups in total. The first-order valence-corrected chi connectivity index (χ1v) is 20.3. The third kappa shape index (κ3) is 5.67. The SMILES string of the molecule is C=C/C=C1\C(=C/C)C2(C3=C(C=CC(C(C)(C)C)C3)C3=CC=CC(N(c4ccc(-c5ccccc5)cc4)c4ccc(-c5ccccc5)cc4)C32)c2cc(C)ccc21. The van der Waals surface area contributed by atoms with Crippen LogP contribution in [0, 0.1) is 24.2 Å². The van der Waals surface area contributed by atoms with Crippen LogP contribution >= 0.6 is 0 Å². The first-order valence-electron chi connectivity index (χ1n) is 20.3. The van der Waals surface area contributed by atoms with Crippen LogP contribution in [0.5, 0.6) is 0 Å². The predicted molar refractivity (Wildman–Crippen MR) is 239 cm³/mol. The highest BCUT2D eigenvalue weighted by molar-refractivity contribution is 5.95. The van der Waals surface area contributed by atoms with Crippen LogP contribution < -0.4 is 4.90 Å². The van der Waals surface area contributed by atoms with Gasteiger partial charge in [0.25, 0.3) is 0 Å². The highest BCUT2D eigenvalue weighted by Gasteiger charge is 2.62. The second-order valence-corrected chi connectivity index (χ2v) is 17.0. The molecule has 4 atom stereocenters. The number of anilines is 2. The highest BCUT2D eigenvalue weighted by Crippen LogP contribution is 2.68. The molecule has 0 bridgehead atoms. The van der Waals surface area contributed by atoms with Crippen molar-refractivity contribution in [3.63, 3.8) is 0 Å². The fraction of sp³-hybridized carbons (Fsp3) is 0.200. The Morgan fingerprint density at radius 3 is 1.88 bits per heavy atom. The fourth-order valence-corrected chi connectivity index (χ4v) is 10.2. The third-order valence-corrected chi connectivity index (χ3v) is 12.9. The minimum Gasteiger partial charge on any atom is -0.334 e. The summed E-state index contributed by atoms with van der Waals surface area (Å²) >= 11 is 0. The van der Waals surface area contributed by atoms with E-state index in [2.05, 4.69) is 216 Å². The molecule has 0 aliphatic heterocycles. The van der Waals surface area contributed by atoms with Crippen LogP contribution in [0.2, 0.25) is 0 Å². The lowest BCUT2D eigenvalue weighted by Crippen LogP contribution is -2.48. The Hall–Kier alpha value is -5.92. The molecule has 0 fully saturated rings. The maximum Gasteiger partial charge on any atom is 0.0609 e. The molecule has 276 valence electrons. The van der Waals surface area contributed by atoms with E-state index in [4.69, 9.17) is 0 Å². The van der Waals surface area contributed by atoms with E-state index in [1.54, 1.807) is 5.57 Å². The zero-order chi connectivity index (χ0) is 38.6. The summed E-state index contributed by atoms with van der Waals surface area (Å²) in [5.41, 5.74) is 18.2. The molecule has 4 aliphatic rings. The molecule has 0 saturated carbocycles. The van der Waals surface area contributed by atoms with E-state index >= 15 is 0 Å². The van der Waals surface area contributed by atoms with Gasteiger partial charge in [0, 0.05) is 17.3 Å². The number of aryl methyl sites for hydroxylation is 1. The van der Waals surface area contributed by atoms with Gasteiger partial charge >= 0.3 is 0 Å². The number of benzene rings is 5. The number of nitrogens with zero attached hydrogens (tertiary/aromatic N) is 1. The lowest BCUT2D eigenvalue weighted by atomic mass is 9.60. The van der Waals surface area contributed by atoms with Gasteiger partial charge in [0.05, 0.1) is 11.5 Å². The van der Waals surface area contributed by atoms with Crippen molar-refractivity contribution in [1.29, 1.82) is 0 Å². The zero-order valence-corrected chi connectivity index (χ0v) is 33.3. The maximum absolute atomic E-state index is 4.23. The summed E-state index contributed by atoms with van der Waals surface area (Å²) in [4.78, 5) is 2.63. The van der Waals surface area contributed by atoms with Gasteiger partial charge in [-0.1, -0.05) is 185 Å².